The maximum absolute atomic E-state index is 5.67. The van der Waals surface area contributed by atoms with Gasteiger partial charge in [0.15, 0.2) is 11.8 Å². The molecule has 1 atom stereocenters. The van der Waals surface area contributed by atoms with Crippen molar-refractivity contribution in [2.75, 3.05) is 26.7 Å². The molecule has 0 radical (unpaired) electrons. The van der Waals surface area contributed by atoms with Crippen LogP contribution in [0, 0.1) is 6.92 Å². The number of guanidine groups is 1. The fourth-order valence-corrected chi connectivity index (χ4v) is 3.11. The van der Waals surface area contributed by atoms with Crippen molar-refractivity contribution in [2.24, 2.45) is 4.99 Å². The number of aliphatic imine (C=N–C) groups is 1. The quantitative estimate of drug-likeness (QED) is 0.378. The third-order valence-electron chi connectivity index (χ3n) is 4.37. The normalized spacial score (nSPS) is 16.8. The molecule has 0 bridgehead atoms. The molecule has 3 rings (SSSR count). The SMILES string of the molecule is CN=C(NCc1nc(C)no1)NCC(c1ccco1)N1CCCCC1.I. The van der Waals surface area contributed by atoms with E-state index in [4.69, 9.17) is 8.94 Å². The summed E-state index contributed by atoms with van der Waals surface area (Å²) < 4.78 is 10.8. The van der Waals surface area contributed by atoms with Gasteiger partial charge in [-0.1, -0.05) is 11.6 Å². The van der Waals surface area contributed by atoms with Crippen molar-refractivity contribution in [3.05, 3.63) is 35.9 Å². The van der Waals surface area contributed by atoms with Crippen molar-refractivity contribution in [3.8, 4) is 0 Å². The minimum atomic E-state index is 0. The number of furan rings is 1. The highest BCUT2D eigenvalue weighted by Crippen LogP contribution is 2.24. The molecule has 0 spiro atoms. The van der Waals surface area contributed by atoms with E-state index in [1.165, 1.54) is 19.3 Å². The average Bonchev–Trinajstić information content (AvgIpc) is 3.31. The van der Waals surface area contributed by atoms with Crippen molar-refractivity contribution in [1.29, 1.82) is 0 Å². The van der Waals surface area contributed by atoms with Crippen LogP contribution in [-0.2, 0) is 6.54 Å². The van der Waals surface area contributed by atoms with Gasteiger partial charge >= 0.3 is 0 Å². The Morgan fingerprint density at radius 2 is 2.12 bits per heavy atom. The maximum Gasteiger partial charge on any atom is 0.246 e. The van der Waals surface area contributed by atoms with E-state index >= 15 is 0 Å². The fourth-order valence-electron chi connectivity index (χ4n) is 3.11. The highest BCUT2D eigenvalue weighted by Gasteiger charge is 2.24. The molecule has 3 heterocycles. The summed E-state index contributed by atoms with van der Waals surface area (Å²) in [6.45, 7) is 5.15. The lowest BCUT2D eigenvalue weighted by molar-refractivity contribution is 0.146. The van der Waals surface area contributed by atoms with Crippen LogP contribution in [0.4, 0.5) is 0 Å². The van der Waals surface area contributed by atoms with Gasteiger partial charge in [-0.05, 0) is 45.0 Å². The molecule has 2 aromatic rings. The van der Waals surface area contributed by atoms with Crippen LogP contribution in [0.3, 0.4) is 0 Å². The van der Waals surface area contributed by atoms with Gasteiger partial charge < -0.3 is 19.6 Å². The number of halogens is 1. The lowest BCUT2D eigenvalue weighted by Crippen LogP contribution is -2.44. The van der Waals surface area contributed by atoms with Gasteiger partial charge in [-0.15, -0.1) is 24.0 Å². The number of likely N-dealkylation sites (tertiary alicyclic amines) is 1. The van der Waals surface area contributed by atoms with E-state index in [1.807, 2.05) is 12.1 Å². The number of hydrogen-bond acceptors (Lipinski definition) is 6. The van der Waals surface area contributed by atoms with Crippen molar-refractivity contribution >= 4 is 29.9 Å². The second-order valence-corrected chi connectivity index (χ2v) is 6.17. The smallest absolute Gasteiger partial charge is 0.246 e. The number of rotatable bonds is 6. The molecular formula is C17H27IN6O2. The van der Waals surface area contributed by atoms with E-state index < -0.39 is 0 Å². The Morgan fingerprint density at radius 3 is 2.73 bits per heavy atom. The Hall–Kier alpha value is -1.62. The maximum atomic E-state index is 5.67. The average molecular weight is 474 g/mol. The van der Waals surface area contributed by atoms with Crippen LogP contribution in [0.25, 0.3) is 0 Å². The van der Waals surface area contributed by atoms with Crippen molar-refractivity contribution in [3.63, 3.8) is 0 Å². The zero-order valence-electron chi connectivity index (χ0n) is 15.3. The van der Waals surface area contributed by atoms with E-state index in [0.29, 0.717) is 24.2 Å². The molecule has 1 aliphatic rings. The molecule has 26 heavy (non-hydrogen) atoms. The van der Waals surface area contributed by atoms with Crippen LogP contribution >= 0.6 is 24.0 Å². The summed E-state index contributed by atoms with van der Waals surface area (Å²) >= 11 is 0. The zero-order valence-corrected chi connectivity index (χ0v) is 17.6. The van der Waals surface area contributed by atoms with Crippen LogP contribution in [0.2, 0.25) is 0 Å². The zero-order chi connectivity index (χ0) is 17.5. The largest absolute Gasteiger partial charge is 0.468 e. The number of hydrogen-bond donors (Lipinski definition) is 2. The summed E-state index contributed by atoms with van der Waals surface area (Å²) in [6.07, 6.45) is 5.51. The Kier molecular flexibility index (Phi) is 8.36. The molecule has 1 aliphatic heterocycles. The van der Waals surface area contributed by atoms with Gasteiger partial charge in [-0.2, -0.15) is 4.98 Å². The standard InChI is InChI=1S/C17H26N6O2.HI/c1-13-21-16(25-22-13)12-20-17(18-2)19-11-14(15-7-6-10-24-15)23-8-4-3-5-9-23;/h6-7,10,14H,3-5,8-9,11-12H2,1-2H3,(H2,18,19,20);1H. The number of nitrogens with one attached hydrogen (secondary N) is 2. The highest BCUT2D eigenvalue weighted by molar-refractivity contribution is 14.0. The fraction of sp³-hybridized carbons (Fsp3) is 0.588. The summed E-state index contributed by atoms with van der Waals surface area (Å²) in [5, 5.41) is 10.4. The van der Waals surface area contributed by atoms with Crippen LogP contribution < -0.4 is 10.6 Å². The summed E-state index contributed by atoms with van der Waals surface area (Å²) in [4.78, 5) is 10.9. The Morgan fingerprint density at radius 1 is 1.31 bits per heavy atom. The lowest BCUT2D eigenvalue weighted by atomic mass is 10.1. The van der Waals surface area contributed by atoms with Gasteiger partial charge in [0, 0.05) is 13.6 Å². The molecule has 0 aliphatic carbocycles. The lowest BCUT2D eigenvalue weighted by Gasteiger charge is -2.33. The Labute approximate surface area is 170 Å². The van der Waals surface area contributed by atoms with Crippen LogP contribution in [-0.4, -0.2) is 47.7 Å². The van der Waals surface area contributed by atoms with E-state index in [2.05, 4.69) is 30.7 Å². The summed E-state index contributed by atoms with van der Waals surface area (Å²) in [6, 6.07) is 4.18. The van der Waals surface area contributed by atoms with E-state index in [9.17, 15) is 0 Å². The van der Waals surface area contributed by atoms with Gasteiger partial charge in [0.25, 0.3) is 0 Å². The molecule has 144 valence electrons. The first-order valence-electron chi connectivity index (χ1n) is 8.77. The van der Waals surface area contributed by atoms with E-state index in [-0.39, 0.29) is 30.0 Å². The van der Waals surface area contributed by atoms with Gasteiger partial charge in [0.1, 0.15) is 5.76 Å². The van der Waals surface area contributed by atoms with Crippen molar-refractivity contribution in [2.45, 2.75) is 38.8 Å². The molecule has 1 saturated heterocycles. The number of aromatic nitrogens is 2. The number of piperidine rings is 1. The molecule has 8 nitrogen and oxygen atoms in total. The second-order valence-electron chi connectivity index (χ2n) is 6.17. The molecule has 9 heteroatoms. The predicted octanol–water partition coefficient (Wildman–Crippen LogP) is 2.48. The van der Waals surface area contributed by atoms with Crippen molar-refractivity contribution in [1.82, 2.24) is 25.7 Å². The summed E-state index contributed by atoms with van der Waals surface area (Å²) in [5.41, 5.74) is 0. The Balaban J connectivity index is 0.00000243. The third-order valence-corrected chi connectivity index (χ3v) is 4.37. The first kappa shape index (κ1) is 20.7. The second kappa shape index (κ2) is 10.5. The van der Waals surface area contributed by atoms with E-state index in [0.717, 1.165) is 25.4 Å². The number of aryl methyl sites for hydroxylation is 1. The number of nitrogens with zero attached hydrogens (tertiary/aromatic N) is 4. The third kappa shape index (κ3) is 5.70. The highest BCUT2D eigenvalue weighted by atomic mass is 127. The molecule has 1 unspecified atom stereocenters. The molecule has 0 saturated carbocycles. The molecule has 0 amide bonds. The van der Waals surface area contributed by atoms with Crippen LogP contribution in [0.5, 0.6) is 0 Å². The molecular weight excluding hydrogens is 447 g/mol. The van der Waals surface area contributed by atoms with Gasteiger partial charge in [0.05, 0.1) is 18.8 Å². The first-order valence-corrected chi connectivity index (χ1v) is 8.77. The molecule has 2 N–H and O–H groups in total. The van der Waals surface area contributed by atoms with Crippen molar-refractivity contribution < 1.29 is 8.94 Å². The monoisotopic (exact) mass is 474 g/mol. The Bertz CT molecular complexity index is 667. The minimum Gasteiger partial charge on any atom is -0.468 e. The molecule has 2 aromatic heterocycles. The van der Waals surface area contributed by atoms with Gasteiger partial charge in [0.2, 0.25) is 5.89 Å². The topological polar surface area (TPSA) is 91.7 Å². The first-order chi connectivity index (χ1) is 12.3. The van der Waals surface area contributed by atoms with Crippen LogP contribution in [0.1, 0.15) is 42.8 Å². The summed E-state index contributed by atoms with van der Waals surface area (Å²) in [7, 11) is 1.75. The molecule has 1 fully saturated rings. The predicted molar refractivity (Wildman–Crippen MR) is 110 cm³/mol. The van der Waals surface area contributed by atoms with Gasteiger partial charge in [-0.3, -0.25) is 9.89 Å². The molecule has 0 aromatic carbocycles. The van der Waals surface area contributed by atoms with Crippen LogP contribution in [0.15, 0.2) is 32.3 Å². The summed E-state index contributed by atoms with van der Waals surface area (Å²) in [5.74, 6) is 2.85. The van der Waals surface area contributed by atoms with E-state index in [1.54, 1.807) is 20.2 Å². The minimum absolute atomic E-state index is 0. The van der Waals surface area contributed by atoms with Gasteiger partial charge in [-0.25, -0.2) is 0 Å².